The second-order valence-electron chi connectivity index (χ2n) is 5.10. The molecular weight excluding hydrogens is 226 g/mol. The summed E-state index contributed by atoms with van der Waals surface area (Å²) < 4.78 is 0. The normalized spacial score (nSPS) is 16.2. The van der Waals surface area contributed by atoms with Crippen LogP contribution in [0.2, 0.25) is 0 Å². The molecule has 1 fully saturated rings. The van der Waals surface area contributed by atoms with Crippen LogP contribution in [0.5, 0.6) is 0 Å². The number of hydrogen-bond donors (Lipinski definition) is 0. The molecule has 2 heterocycles. The van der Waals surface area contributed by atoms with Gasteiger partial charge in [-0.2, -0.15) is 0 Å². The summed E-state index contributed by atoms with van der Waals surface area (Å²) in [7, 11) is 0. The Labute approximate surface area is 109 Å². The number of pyridine rings is 1. The van der Waals surface area contributed by atoms with Crippen molar-refractivity contribution < 1.29 is 4.79 Å². The summed E-state index contributed by atoms with van der Waals surface area (Å²) in [5.74, 6) is 1.70. The maximum atomic E-state index is 11.3. The molecule has 0 N–H and O–H groups in total. The Morgan fingerprint density at radius 3 is 2.33 bits per heavy atom. The standard InChI is InChI=1S/C14H21N3O/c1-11(2)13-4-5-14(15-10-13)17-8-6-16(7-9-17)12(3)18/h4-5,10-11H,6-9H2,1-3H3. The summed E-state index contributed by atoms with van der Waals surface area (Å²) in [6.07, 6.45) is 1.96. The Morgan fingerprint density at radius 1 is 1.22 bits per heavy atom. The van der Waals surface area contributed by atoms with E-state index in [1.165, 1.54) is 5.56 Å². The molecule has 1 aliphatic heterocycles. The Bertz CT molecular complexity index is 406. The van der Waals surface area contributed by atoms with Crippen molar-refractivity contribution in [2.24, 2.45) is 0 Å². The molecule has 0 unspecified atom stereocenters. The minimum absolute atomic E-state index is 0.165. The number of piperazine rings is 1. The van der Waals surface area contributed by atoms with Crippen LogP contribution in [0.25, 0.3) is 0 Å². The second-order valence-corrected chi connectivity index (χ2v) is 5.10. The smallest absolute Gasteiger partial charge is 0.219 e. The van der Waals surface area contributed by atoms with Crippen LogP contribution in [0, 0.1) is 0 Å². The molecule has 1 saturated heterocycles. The highest BCUT2D eigenvalue weighted by molar-refractivity contribution is 5.73. The van der Waals surface area contributed by atoms with E-state index < -0.39 is 0 Å². The van der Waals surface area contributed by atoms with Crippen LogP contribution in [0.3, 0.4) is 0 Å². The fraction of sp³-hybridized carbons (Fsp3) is 0.571. The molecule has 1 amide bonds. The van der Waals surface area contributed by atoms with Crippen molar-refractivity contribution in [2.45, 2.75) is 26.7 Å². The summed E-state index contributed by atoms with van der Waals surface area (Å²) in [5.41, 5.74) is 1.26. The summed E-state index contributed by atoms with van der Waals surface area (Å²) in [6.45, 7) is 9.29. The molecule has 0 radical (unpaired) electrons. The van der Waals surface area contributed by atoms with Crippen molar-refractivity contribution in [3.63, 3.8) is 0 Å². The molecule has 1 aromatic heterocycles. The number of carbonyl (C=O) groups excluding carboxylic acids is 1. The molecule has 4 heteroatoms. The average molecular weight is 247 g/mol. The highest BCUT2D eigenvalue weighted by Crippen LogP contribution is 2.18. The molecule has 1 aromatic rings. The van der Waals surface area contributed by atoms with E-state index in [0.717, 1.165) is 32.0 Å². The van der Waals surface area contributed by atoms with Gasteiger partial charge >= 0.3 is 0 Å². The van der Waals surface area contributed by atoms with Gasteiger partial charge in [0.05, 0.1) is 0 Å². The van der Waals surface area contributed by atoms with Crippen molar-refractivity contribution in [1.82, 2.24) is 9.88 Å². The fourth-order valence-corrected chi connectivity index (χ4v) is 2.18. The monoisotopic (exact) mass is 247 g/mol. The van der Waals surface area contributed by atoms with E-state index >= 15 is 0 Å². The molecule has 0 aliphatic carbocycles. The number of amides is 1. The minimum atomic E-state index is 0.165. The van der Waals surface area contributed by atoms with Crippen LogP contribution in [0.4, 0.5) is 5.82 Å². The summed E-state index contributed by atoms with van der Waals surface area (Å²) >= 11 is 0. The maximum absolute atomic E-state index is 11.3. The first-order valence-electron chi connectivity index (χ1n) is 6.54. The second kappa shape index (κ2) is 5.38. The first-order valence-corrected chi connectivity index (χ1v) is 6.54. The van der Waals surface area contributed by atoms with Crippen LogP contribution in [0.15, 0.2) is 18.3 Å². The zero-order chi connectivity index (χ0) is 13.1. The summed E-state index contributed by atoms with van der Waals surface area (Å²) in [5, 5.41) is 0. The highest BCUT2D eigenvalue weighted by atomic mass is 16.2. The van der Waals surface area contributed by atoms with Crippen molar-refractivity contribution in [1.29, 1.82) is 0 Å². The third kappa shape index (κ3) is 2.81. The maximum Gasteiger partial charge on any atom is 0.219 e. The van der Waals surface area contributed by atoms with Gasteiger partial charge in [0.15, 0.2) is 0 Å². The van der Waals surface area contributed by atoms with E-state index in [-0.39, 0.29) is 5.91 Å². The van der Waals surface area contributed by atoms with Crippen LogP contribution in [-0.4, -0.2) is 42.0 Å². The van der Waals surface area contributed by atoms with Gasteiger partial charge in [0.25, 0.3) is 0 Å². The molecule has 0 aromatic carbocycles. The number of anilines is 1. The quantitative estimate of drug-likeness (QED) is 0.800. The minimum Gasteiger partial charge on any atom is -0.353 e. The zero-order valence-electron chi connectivity index (χ0n) is 11.4. The third-order valence-electron chi connectivity index (χ3n) is 3.49. The van der Waals surface area contributed by atoms with E-state index in [4.69, 9.17) is 0 Å². The molecule has 0 saturated carbocycles. The predicted octanol–water partition coefficient (Wildman–Crippen LogP) is 1.87. The number of aromatic nitrogens is 1. The van der Waals surface area contributed by atoms with Gasteiger partial charge in [-0.15, -0.1) is 0 Å². The lowest BCUT2D eigenvalue weighted by Gasteiger charge is -2.35. The Kier molecular flexibility index (Phi) is 3.84. The molecule has 4 nitrogen and oxygen atoms in total. The van der Waals surface area contributed by atoms with Crippen LogP contribution >= 0.6 is 0 Å². The first-order chi connectivity index (χ1) is 8.58. The van der Waals surface area contributed by atoms with Gasteiger partial charge in [0, 0.05) is 39.3 Å². The van der Waals surface area contributed by atoms with Crippen molar-refractivity contribution in [2.75, 3.05) is 31.1 Å². The van der Waals surface area contributed by atoms with Crippen LogP contribution in [-0.2, 0) is 4.79 Å². The molecular formula is C14H21N3O. The number of hydrogen-bond acceptors (Lipinski definition) is 3. The number of carbonyl (C=O) groups is 1. The Hall–Kier alpha value is -1.58. The largest absolute Gasteiger partial charge is 0.353 e. The first kappa shape index (κ1) is 12.9. The van der Waals surface area contributed by atoms with Gasteiger partial charge in [-0.3, -0.25) is 4.79 Å². The van der Waals surface area contributed by atoms with E-state index in [0.29, 0.717) is 5.92 Å². The fourth-order valence-electron chi connectivity index (χ4n) is 2.18. The van der Waals surface area contributed by atoms with E-state index in [1.807, 2.05) is 11.1 Å². The number of rotatable bonds is 2. The van der Waals surface area contributed by atoms with Crippen LogP contribution in [0.1, 0.15) is 32.3 Å². The van der Waals surface area contributed by atoms with Gasteiger partial charge in [-0.05, 0) is 17.5 Å². The van der Waals surface area contributed by atoms with E-state index in [1.54, 1.807) is 6.92 Å². The lowest BCUT2D eigenvalue weighted by Crippen LogP contribution is -2.48. The number of nitrogens with zero attached hydrogens (tertiary/aromatic N) is 3. The molecule has 0 bridgehead atoms. The van der Waals surface area contributed by atoms with E-state index in [9.17, 15) is 4.79 Å². The lowest BCUT2D eigenvalue weighted by atomic mass is 10.1. The SMILES string of the molecule is CC(=O)N1CCN(c2ccc(C(C)C)cn2)CC1. The molecule has 0 spiro atoms. The Morgan fingerprint density at radius 2 is 1.89 bits per heavy atom. The van der Waals surface area contributed by atoms with Crippen molar-refractivity contribution in [3.05, 3.63) is 23.9 Å². The van der Waals surface area contributed by atoms with E-state index in [2.05, 4.69) is 35.9 Å². The van der Waals surface area contributed by atoms with Gasteiger partial charge in [0.1, 0.15) is 5.82 Å². The topological polar surface area (TPSA) is 36.4 Å². The van der Waals surface area contributed by atoms with Crippen LogP contribution < -0.4 is 4.90 Å². The lowest BCUT2D eigenvalue weighted by molar-refractivity contribution is -0.129. The molecule has 2 rings (SSSR count). The van der Waals surface area contributed by atoms with Gasteiger partial charge in [-0.1, -0.05) is 19.9 Å². The zero-order valence-corrected chi connectivity index (χ0v) is 11.4. The Balaban J connectivity index is 1.99. The van der Waals surface area contributed by atoms with Gasteiger partial charge < -0.3 is 9.80 Å². The van der Waals surface area contributed by atoms with Crippen molar-refractivity contribution >= 4 is 11.7 Å². The molecule has 98 valence electrons. The average Bonchev–Trinajstić information content (AvgIpc) is 2.39. The highest BCUT2D eigenvalue weighted by Gasteiger charge is 2.19. The third-order valence-corrected chi connectivity index (χ3v) is 3.49. The van der Waals surface area contributed by atoms with Gasteiger partial charge in [-0.25, -0.2) is 4.98 Å². The molecule has 18 heavy (non-hydrogen) atoms. The molecule has 1 aliphatic rings. The van der Waals surface area contributed by atoms with Gasteiger partial charge in [0.2, 0.25) is 5.91 Å². The van der Waals surface area contributed by atoms with Crippen molar-refractivity contribution in [3.8, 4) is 0 Å². The summed E-state index contributed by atoms with van der Waals surface area (Å²) in [6, 6.07) is 4.23. The summed E-state index contributed by atoms with van der Waals surface area (Å²) in [4.78, 5) is 19.9. The molecule has 0 atom stereocenters. The predicted molar refractivity (Wildman–Crippen MR) is 72.8 cm³/mol.